The van der Waals surface area contributed by atoms with Crippen LogP contribution in [0, 0.1) is 11.3 Å². The highest BCUT2D eigenvalue weighted by Crippen LogP contribution is 2.48. The molecule has 10 heteroatoms. The van der Waals surface area contributed by atoms with E-state index < -0.39 is 15.6 Å². The maximum absolute atomic E-state index is 13.4. The number of imidazole rings is 1. The van der Waals surface area contributed by atoms with Gasteiger partial charge in [-0.25, -0.2) is 24.8 Å². The lowest BCUT2D eigenvalue weighted by Crippen LogP contribution is -2.40. The van der Waals surface area contributed by atoms with Gasteiger partial charge in [0.25, 0.3) is 0 Å². The minimum Gasteiger partial charge on any atom is -0.323 e. The molecular formula is C24H32N8OS. The lowest BCUT2D eigenvalue weighted by molar-refractivity contribution is 0.341. The number of hydrogen-bond donors (Lipinski definition) is 1. The molecule has 0 aliphatic carbocycles. The SMILES string of the molecule is C=C1C=C(C)C(Nc2ncc3c(n2)n(C2(C#N)CCCS(C)(C)CC2)c(=O)n3C)=CN1/N=C\C. The number of allylic oxidation sites excluding steroid dienone is 2. The van der Waals surface area contributed by atoms with Crippen molar-refractivity contribution in [3.05, 3.63) is 52.5 Å². The second-order valence-corrected chi connectivity index (χ2v) is 13.8. The standard InChI is InChI=1S/C24H32N8OS/c1-7-27-31-15-19(17(2)13-18(31)3)28-22-26-14-20-21(29-22)32(23(33)30(20)4)24(16-25)9-8-11-34(5,6)12-10-24/h7,13-15H,3,8-12H2,1-2,4-6H3,(H,26,28,29)/b27-7-. The molecule has 2 aliphatic heterocycles. The number of aromatic nitrogens is 4. The van der Waals surface area contributed by atoms with Crippen LogP contribution in [0.3, 0.4) is 0 Å². The van der Waals surface area contributed by atoms with Gasteiger partial charge < -0.3 is 5.32 Å². The van der Waals surface area contributed by atoms with Crippen LogP contribution in [-0.2, 0) is 12.6 Å². The number of hydrazone groups is 1. The molecule has 0 bridgehead atoms. The van der Waals surface area contributed by atoms with Crippen molar-refractivity contribution in [1.82, 2.24) is 24.1 Å². The van der Waals surface area contributed by atoms with Crippen molar-refractivity contribution in [2.75, 3.05) is 29.3 Å². The molecule has 0 radical (unpaired) electrons. The summed E-state index contributed by atoms with van der Waals surface area (Å²) in [4.78, 5) is 22.6. The van der Waals surface area contributed by atoms with Crippen molar-refractivity contribution >= 4 is 33.4 Å². The molecule has 0 amide bonds. The van der Waals surface area contributed by atoms with E-state index in [1.54, 1.807) is 29.0 Å². The number of anilines is 1. The van der Waals surface area contributed by atoms with Gasteiger partial charge in [-0.3, -0.25) is 9.13 Å². The Morgan fingerprint density at radius 3 is 2.82 bits per heavy atom. The van der Waals surface area contributed by atoms with Crippen molar-refractivity contribution in [2.45, 2.75) is 38.6 Å². The van der Waals surface area contributed by atoms with E-state index in [4.69, 9.17) is 4.98 Å². The Hall–Kier alpha value is -3.32. The lowest BCUT2D eigenvalue weighted by atomic mass is 9.92. The smallest absolute Gasteiger partial charge is 0.323 e. The average Bonchev–Trinajstić information content (AvgIpc) is 2.93. The van der Waals surface area contributed by atoms with Crippen molar-refractivity contribution in [1.29, 1.82) is 5.26 Å². The number of nitrogens with zero attached hydrogens (tertiary/aromatic N) is 7. The van der Waals surface area contributed by atoms with Crippen LogP contribution in [0.15, 0.2) is 51.9 Å². The molecule has 0 aromatic carbocycles. The molecule has 4 heterocycles. The summed E-state index contributed by atoms with van der Waals surface area (Å²) < 4.78 is 3.15. The summed E-state index contributed by atoms with van der Waals surface area (Å²) in [5.41, 5.74) is 2.44. The van der Waals surface area contributed by atoms with Gasteiger partial charge in [0.05, 0.1) is 29.9 Å². The predicted octanol–water partition coefficient (Wildman–Crippen LogP) is 3.63. The molecular weight excluding hydrogens is 448 g/mol. The zero-order valence-corrected chi connectivity index (χ0v) is 21.3. The zero-order chi connectivity index (χ0) is 24.7. The fourth-order valence-electron chi connectivity index (χ4n) is 4.55. The molecule has 2 aliphatic rings. The van der Waals surface area contributed by atoms with E-state index in [-0.39, 0.29) is 5.69 Å². The third kappa shape index (κ3) is 4.16. The average molecular weight is 481 g/mol. The van der Waals surface area contributed by atoms with Crippen LogP contribution >= 0.6 is 10.0 Å². The highest BCUT2D eigenvalue weighted by molar-refractivity contribution is 8.32. The van der Waals surface area contributed by atoms with Gasteiger partial charge in [-0.15, -0.1) is 0 Å². The highest BCUT2D eigenvalue weighted by atomic mass is 32.3. The summed E-state index contributed by atoms with van der Waals surface area (Å²) in [7, 11) is 0.935. The predicted molar refractivity (Wildman–Crippen MR) is 140 cm³/mol. The molecule has 1 fully saturated rings. The highest BCUT2D eigenvalue weighted by Gasteiger charge is 2.39. The van der Waals surface area contributed by atoms with Gasteiger partial charge in [0.15, 0.2) is 5.65 Å². The molecule has 9 nitrogen and oxygen atoms in total. The first-order chi connectivity index (χ1) is 16.1. The van der Waals surface area contributed by atoms with Crippen molar-refractivity contribution in [3.63, 3.8) is 0 Å². The first-order valence-corrected chi connectivity index (χ1v) is 14.1. The van der Waals surface area contributed by atoms with Gasteiger partial charge in [0.2, 0.25) is 5.95 Å². The van der Waals surface area contributed by atoms with E-state index in [0.717, 1.165) is 34.9 Å². The van der Waals surface area contributed by atoms with Gasteiger partial charge in [-0.1, -0.05) is 6.58 Å². The Bertz CT molecular complexity index is 1340. The van der Waals surface area contributed by atoms with E-state index in [2.05, 4.69) is 40.6 Å². The van der Waals surface area contributed by atoms with Crippen LogP contribution in [-0.4, -0.2) is 54.3 Å². The van der Waals surface area contributed by atoms with Crippen LogP contribution < -0.4 is 11.0 Å². The minimum absolute atomic E-state index is 0.231. The number of aryl methyl sites for hydroxylation is 1. The molecule has 0 saturated carbocycles. The van der Waals surface area contributed by atoms with E-state index in [9.17, 15) is 10.1 Å². The number of fused-ring (bicyclic) bond motifs is 1. The number of rotatable bonds is 4. The number of nitriles is 1. The Kier molecular flexibility index (Phi) is 6.16. The Morgan fingerprint density at radius 2 is 2.12 bits per heavy atom. The van der Waals surface area contributed by atoms with Gasteiger partial charge in [0.1, 0.15) is 11.1 Å². The van der Waals surface area contributed by atoms with Gasteiger partial charge in [0, 0.05) is 13.3 Å². The molecule has 1 unspecified atom stereocenters. The molecule has 34 heavy (non-hydrogen) atoms. The Morgan fingerprint density at radius 1 is 1.35 bits per heavy atom. The first kappa shape index (κ1) is 23.8. The zero-order valence-electron chi connectivity index (χ0n) is 20.5. The normalized spacial score (nSPS) is 23.9. The monoisotopic (exact) mass is 480 g/mol. The van der Waals surface area contributed by atoms with E-state index in [0.29, 0.717) is 30.0 Å². The molecule has 0 spiro atoms. The second-order valence-electron chi connectivity index (χ2n) is 9.46. The fourth-order valence-corrected chi connectivity index (χ4v) is 6.57. The number of nitrogens with one attached hydrogen (secondary N) is 1. The summed E-state index contributed by atoms with van der Waals surface area (Å²) in [5, 5.41) is 19.6. The molecule has 2 aromatic heterocycles. The minimum atomic E-state index is -0.909. The maximum atomic E-state index is 13.4. The maximum Gasteiger partial charge on any atom is 0.331 e. The molecule has 2 aromatic rings. The first-order valence-electron chi connectivity index (χ1n) is 11.3. The Labute approximate surface area is 201 Å². The van der Waals surface area contributed by atoms with E-state index in [1.807, 2.05) is 26.1 Å². The van der Waals surface area contributed by atoms with Gasteiger partial charge in [-0.05, 0) is 68.8 Å². The topological polar surface area (TPSA) is 104 Å². The van der Waals surface area contributed by atoms with Crippen LogP contribution in [0.1, 0.15) is 33.1 Å². The lowest BCUT2D eigenvalue weighted by Gasteiger charge is -2.30. The summed E-state index contributed by atoms with van der Waals surface area (Å²) in [6.45, 7) is 7.83. The fraction of sp³-hybridized carbons (Fsp3) is 0.458. The number of hydrogen-bond acceptors (Lipinski definition) is 7. The molecule has 1 N–H and O–H groups in total. The molecule has 4 rings (SSSR count). The molecule has 180 valence electrons. The van der Waals surface area contributed by atoms with Crippen molar-refractivity contribution in [2.24, 2.45) is 12.1 Å². The van der Waals surface area contributed by atoms with Crippen LogP contribution in [0.4, 0.5) is 5.95 Å². The van der Waals surface area contributed by atoms with Crippen molar-refractivity contribution < 1.29 is 0 Å². The van der Waals surface area contributed by atoms with Gasteiger partial charge in [-0.2, -0.15) is 15.3 Å². The van der Waals surface area contributed by atoms with Crippen LogP contribution in [0.2, 0.25) is 0 Å². The van der Waals surface area contributed by atoms with Crippen molar-refractivity contribution in [3.8, 4) is 6.07 Å². The third-order valence-electron chi connectivity index (χ3n) is 6.63. The molecule has 1 atom stereocenters. The van der Waals surface area contributed by atoms with Crippen LogP contribution in [0.25, 0.3) is 11.2 Å². The quantitative estimate of drug-likeness (QED) is 0.670. The summed E-state index contributed by atoms with van der Waals surface area (Å²) >= 11 is 0. The van der Waals surface area contributed by atoms with Gasteiger partial charge >= 0.3 is 5.69 Å². The summed E-state index contributed by atoms with van der Waals surface area (Å²) in [6, 6.07) is 2.52. The third-order valence-corrected chi connectivity index (χ3v) is 9.34. The molecule has 1 saturated heterocycles. The van der Waals surface area contributed by atoms with E-state index in [1.165, 1.54) is 4.57 Å². The summed E-state index contributed by atoms with van der Waals surface area (Å²) in [6.07, 6.45) is 13.9. The largest absolute Gasteiger partial charge is 0.331 e. The van der Waals surface area contributed by atoms with Crippen LogP contribution in [0.5, 0.6) is 0 Å². The second kappa shape index (κ2) is 8.80. The Balaban J connectivity index is 1.79. The van der Waals surface area contributed by atoms with E-state index >= 15 is 0 Å². The summed E-state index contributed by atoms with van der Waals surface area (Å²) in [5.74, 6) is 2.42.